The lowest BCUT2D eigenvalue weighted by molar-refractivity contribution is -0.144. The lowest BCUT2D eigenvalue weighted by atomic mass is 9.76. The summed E-state index contributed by atoms with van der Waals surface area (Å²) < 4.78 is 0. The van der Waals surface area contributed by atoms with E-state index in [-0.39, 0.29) is 0 Å². The van der Waals surface area contributed by atoms with Crippen molar-refractivity contribution in [2.75, 3.05) is 0 Å². The zero-order chi connectivity index (χ0) is 12.9. The van der Waals surface area contributed by atoms with Gasteiger partial charge in [-0.15, -0.1) is 0 Å². The van der Waals surface area contributed by atoms with E-state index in [9.17, 15) is 14.4 Å². The minimum atomic E-state index is -1.13. The fraction of sp³-hybridized carbons (Fsp3) is 0.583. The van der Waals surface area contributed by atoms with Crippen molar-refractivity contribution in [3.63, 3.8) is 0 Å². The first-order valence-corrected chi connectivity index (χ1v) is 5.85. The normalized spacial score (nSPS) is 19.3. The highest BCUT2D eigenvalue weighted by Gasteiger charge is 2.48. The Morgan fingerprint density at radius 2 is 1.76 bits per heavy atom. The van der Waals surface area contributed by atoms with Gasteiger partial charge in [0.25, 0.3) is 0 Å². The molecule has 2 N–H and O–H groups in total. The Balaban J connectivity index is 2.97. The smallest absolute Gasteiger partial charge is 0.277 e. The summed E-state index contributed by atoms with van der Waals surface area (Å²) in [6.45, 7) is 3.82. The molecule has 0 unspecified atom stereocenters. The molecule has 0 aromatic carbocycles. The molecule has 5 heteroatoms. The Morgan fingerprint density at radius 1 is 1.18 bits per heavy atom. The maximum atomic E-state index is 11.9. The molecule has 94 valence electrons. The number of imide groups is 2. The lowest BCUT2D eigenvalue weighted by Gasteiger charge is -2.33. The van der Waals surface area contributed by atoms with E-state index >= 15 is 0 Å². The number of amides is 4. The topological polar surface area (TPSA) is 75.3 Å². The second kappa shape index (κ2) is 5.61. The number of urea groups is 1. The van der Waals surface area contributed by atoms with Gasteiger partial charge >= 0.3 is 6.03 Å². The summed E-state index contributed by atoms with van der Waals surface area (Å²) in [5.74, 6) is -0.976. The lowest BCUT2D eigenvalue weighted by Crippen LogP contribution is -2.62. The zero-order valence-corrected chi connectivity index (χ0v) is 10.2. The van der Waals surface area contributed by atoms with E-state index in [0.717, 1.165) is 12.8 Å². The number of hydrogen-bond acceptors (Lipinski definition) is 3. The molecule has 1 aliphatic rings. The zero-order valence-electron chi connectivity index (χ0n) is 10.2. The van der Waals surface area contributed by atoms with Crippen LogP contribution in [-0.4, -0.2) is 17.8 Å². The fourth-order valence-corrected chi connectivity index (χ4v) is 1.89. The van der Waals surface area contributed by atoms with Gasteiger partial charge in [-0.05, 0) is 19.8 Å². The van der Waals surface area contributed by atoms with Crippen LogP contribution in [0, 0.1) is 5.41 Å². The van der Waals surface area contributed by atoms with Gasteiger partial charge in [0.2, 0.25) is 11.8 Å². The molecule has 1 fully saturated rings. The van der Waals surface area contributed by atoms with Gasteiger partial charge in [-0.1, -0.05) is 31.9 Å². The van der Waals surface area contributed by atoms with Gasteiger partial charge in [-0.25, -0.2) is 4.79 Å². The van der Waals surface area contributed by atoms with Crippen LogP contribution < -0.4 is 10.6 Å². The second-order valence-electron chi connectivity index (χ2n) is 4.20. The van der Waals surface area contributed by atoms with Crippen molar-refractivity contribution < 1.29 is 14.4 Å². The van der Waals surface area contributed by atoms with Gasteiger partial charge in [0, 0.05) is 0 Å². The molecule has 5 nitrogen and oxygen atoms in total. The monoisotopic (exact) mass is 238 g/mol. The van der Waals surface area contributed by atoms with Crippen LogP contribution in [0.3, 0.4) is 0 Å². The first-order chi connectivity index (χ1) is 8.06. The van der Waals surface area contributed by atoms with Crippen molar-refractivity contribution in [3.8, 4) is 0 Å². The number of barbiturate groups is 1. The molecule has 0 aliphatic carbocycles. The first-order valence-electron chi connectivity index (χ1n) is 5.85. The summed E-state index contributed by atoms with van der Waals surface area (Å²) >= 11 is 0. The molecule has 0 aromatic rings. The van der Waals surface area contributed by atoms with Crippen LogP contribution in [0.4, 0.5) is 4.79 Å². The Hall–Kier alpha value is -1.65. The van der Waals surface area contributed by atoms with Gasteiger partial charge in [0.15, 0.2) is 0 Å². The number of carbonyl (C=O) groups is 3. The van der Waals surface area contributed by atoms with E-state index in [0.29, 0.717) is 12.8 Å². The highest BCUT2D eigenvalue weighted by atomic mass is 16.2. The van der Waals surface area contributed by atoms with Crippen LogP contribution >= 0.6 is 0 Å². The minimum absolute atomic E-state index is 0.328. The molecular formula is C12H18N2O3. The highest BCUT2D eigenvalue weighted by Crippen LogP contribution is 2.32. The molecule has 0 radical (unpaired) electrons. The van der Waals surface area contributed by atoms with Crippen molar-refractivity contribution in [3.05, 3.63) is 12.2 Å². The Bertz CT molecular complexity index is 341. The van der Waals surface area contributed by atoms with Crippen molar-refractivity contribution in [2.45, 2.75) is 39.5 Å². The van der Waals surface area contributed by atoms with Crippen molar-refractivity contribution in [2.24, 2.45) is 5.41 Å². The summed E-state index contributed by atoms with van der Waals surface area (Å²) in [5, 5.41) is 4.35. The standard InChI is InChI=1S/C12H18N2O3/c1-3-5-7-12(8-6-4-2)9(15)13-11(17)14-10(12)16/h3,5H,4,6-8H2,1-2H3,(H2,13,14,15,16,17). The molecule has 0 saturated carbocycles. The molecular weight excluding hydrogens is 220 g/mol. The molecule has 1 heterocycles. The fourth-order valence-electron chi connectivity index (χ4n) is 1.89. The molecule has 1 saturated heterocycles. The van der Waals surface area contributed by atoms with E-state index in [4.69, 9.17) is 0 Å². The number of carbonyl (C=O) groups excluding carboxylic acids is 3. The number of unbranched alkanes of at least 4 members (excludes halogenated alkanes) is 1. The van der Waals surface area contributed by atoms with Gasteiger partial charge in [0.05, 0.1) is 0 Å². The van der Waals surface area contributed by atoms with Crippen molar-refractivity contribution >= 4 is 17.8 Å². The number of nitrogens with one attached hydrogen (secondary N) is 2. The van der Waals surface area contributed by atoms with Gasteiger partial charge in [0.1, 0.15) is 5.41 Å². The SMILES string of the molecule is CC=CCC1(CCCC)C(=O)NC(=O)NC1=O. The van der Waals surface area contributed by atoms with Crippen LogP contribution in [-0.2, 0) is 9.59 Å². The summed E-state index contributed by atoms with van der Waals surface area (Å²) in [4.78, 5) is 34.9. The molecule has 0 spiro atoms. The summed E-state index contributed by atoms with van der Waals surface area (Å²) in [6.07, 6.45) is 6.03. The highest BCUT2D eigenvalue weighted by molar-refractivity contribution is 6.19. The Kier molecular flexibility index (Phi) is 4.43. The predicted octanol–water partition coefficient (Wildman–Crippen LogP) is 1.50. The summed E-state index contributed by atoms with van der Waals surface area (Å²) in [6, 6.07) is -0.729. The molecule has 0 atom stereocenters. The van der Waals surface area contributed by atoms with Crippen molar-refractivity contribution in [1.82, 2.24) is 10.6 Å². The third-order valence-corrected chi connectivity index (χ3v) is 2.98. The third kappa shape index (κ3) is 2.72. The summed E-state index contributed by atoms with van der Waals surface area (Å²) in [7, 11) is 0. The van der Waals surface area contributed by atoms with Crippen LogP contribution in [0.1, 0.15) is 39.5 Å². The van der Waals surface area contributed by atoms with Gasteiger partial charge in [-0.2, -0.15) is 0 Å². The van der Waals surface area contributed by atoms with E-state index < -0.39 is 23.3 Å². The molecule has 1 rings (SSSR count). The van der Waals surface area contributed by atoms with Crippen molar-refractivity contribution in [1.29, 1.82) is 0 Å². The third-order valence-electron chi connectivity index (χ3n) is 2.98. The Labute approximate surface area is 101 Å². The Morgan fingerprint density at radius 3 is 2.24 bits per heavy atom. The largest absolute Gasteiger partial charge is 0.328 e. The molecule has 17 heavy (non-hydrogen) atoms. The van der Waals surface area contributed by atoms with E-state index in [2.05, 4.69) is 10.6 Å². The number of allylic oxidation sites excluding steroid dienone is 2. The first kappa shape index (κ1) is 13.4. The summed E-state index contributed by atoms with van der Waals surface area (Å²) in [5.41, 5.74) is -1.13. The average molecular weight is 238 g/mol. The van der Waals surface area contributed by atoms with Crippen LogP contribution in [0.15, 0.2) is 12.2 Å². The number of rotatable bonds is 5. The van der Waals surface area contributed by atoms with Gasteiger partial charge < -0.3 is 0 Å². The van der Waals surface area contributed by atoms with Crippen LogP contribution in [0.5, 0.6) is 0 Å². The quantitative estimate of drug-likeness (QED) is 0.563. The maximum Gasteiger partial charge on any atom is 0.328 e. The van der Waals surface area contributed by atoms with Crippen LogP contribution in [0.25, 0.3) is 0 Å². The maximum absolute atomic E-state index is 11.9. The minimum Gasteiger partial charge on any atom is -0.277 e. The predicted molar refractivity (Wildman–Crippen MR) is 63.1 cm³/mol. The second-order valence-corrected chi connectivity index (χ2v) is 4.20. The molecule has 4 amide bonds. The number of hydrogen-bond donors (Lipinski definition) is 2. The van der Waals surface area contributed by atoms with E-state index in [1.54, 1.807) is 12.2 Å². The van der Waals surface area contributed by atoms with Gasteiger partial charge in [-0.3, -0.25) is 20.2 Å². The van der Waals surface area contributed by atoms with Crippen LogP contribution in [0.2, 0.25) is 0 Å². The molecule has 0 bridgehead atoms. The van der Waals surface area contributed by atoms with E-state index in [1.165, 1.54) is 0 Å². The molecule has 0 aromatic heterocycles. The molecule has 1 aliphatic heterocycles. The van der Waals surface area contributed by atoms with E-state index in [1.807, 2.05) is 13.8 Å². The average Bonchev–Trinajstić information content (AvgIpc) is 2.27.